The zero-order valence-corrected chi connectivity index (χ0v) is 8.40. The number of carbonyl (C=O) groups is 1. The molecule has 2 heterocycles. The largest absolute Gasteiger partial charge is 0.463 e. The lowest BCUT2D eigenvalue weighted by Crippen LogP contribution is -2.02. The van der Waals surface area contributed by atoms with Crippen molar-refractivity contribution in [2.24, 2.45) is 0 Å². The van der Waals surface area contributed by atoms with Crippen LogP contribution in [0.1, 0.15) is 16.4 Å². The Morgan fingerprint density at radius 3 is 2.93 bits per heavy atom. The van der Waals surface area contributed by atoms with E-state index in [0.29, 0.717) is 11.5 Å². The van der Waals surface area contributed by atoms with E-state index in [1.807, 2.05) is 19.1 Å². The van der Waals surface area contributed by atoms with Crippen molar-refractivity contribution in [3.8, 4) is 11.5 Å². The number of nitrogens with zero attached hydrogens (tertiary/aromatic N) is 1. The minimum absolute atomic E-state index is 0.168. The average molecular weight is 206 g/mol. The smallest absolute Gasteiger partial charge is 0.374 e. The fraction of sp³-hybridized carbons (Fsp3) is 0.200. The molecule has 2 aromatic rings. The summed E-state index contributed by atoms with van der Waals surface area (Å²) in [6, 6.07) is 3.65. The molecule has 0 spiro atoms. The third-order valence-corrected chi connectivity index (χ3v) is 1.96. The number of aryl methyl sites for hydroxylation is 1. The molecule has 0 amide bonds. The Morgan fingerprint density at radius 2 is 2.33 bits per heavy atom. The van der Waals surface area contributed by atoms with Crippen molar-refractivity contribution in [3.63, 3.8) is 0 Å². The van der Waals surface area contributed by atoms with E-state index in [2.05, 4.69) is 14.7 Å². The van der Waals surface area contributed by atoms with E-state index < -0.39 is 5.97 Å². The van der Waals surface area contributed by atoms with Crippen molar-refractivity contribution in [1.82, 2.24) is 9.97 Å². The van der Waals surface area contributed by atoms with Gasteiger partial charge in [-0.1, -0.05) is 0 Å². The summed E-state index contributed by atoms with van der Waals surface area (Å²) < 4.78 is 9.90. The predicted octanol–water partition coefficient (Wildman–Crippen LogP) is 1.76. The maximum Gasteiger partial charge on any atom is 0.374 e. The molecule has 15 heavy (non-hydrogen) atoms. The van der Waals surface area contributed by atoms with Crippen LogP contribution in [0.4, 0.5) is 0 Å². The van der Waals surface area contributed by atoms with E-state index in [0.717, 1.165) is 5.76 Å². The van der Waals surface area contributed by atoms with Gasteiger partial charge >= 0.3 is 5.97 Å². The van der Waals surface area contributed by atoms with Crippen LogP contribution in [-0.4, -0.2) is 23.0 Å². The van der Waals surface area contributed by atoms with Crippen LogP contribution in [0, 0.1) is 6.92 Å². The number of carbonyl (C=O) groups excluding carboxylic acids is 1. The average Bonchev–Trinajstić information content (AvgIpc) is 2.84. The molecule has 0 aliphatic carbocycles. The van der Waals surface area contributed by atoms with Crippen LogP contribution in [0.15, 0.2) is 22.7 Å². The van der Waals surface area contributed by atoms with Gasteiger partial charge in [0.1, 0.15) is 11.5 Å². The monoisotopic (exact) mass is 206 g/mol. The van der Waals surface area contributed by atoms with Crippen molar-refractivity contribution in [2.45, 2.75) is 6.92 Å². The number of aromatic nitrogens is 2. The van der Waals surface area contributed by atoms with Gasteiger partial charge in [-0.3, -0.25) is 0 Å². The Balaban J connectivity index is 2.31. The summed E-state index contributed by atoms with van der Waals surface area (Å²) in [6.45, 7) is 1.85. The number of furan rings is 1. The quantitative estimate of drug-likeness (QED) is 0.760. The summed E-state index contributed by atoms with van der Waals surface area (Å²) in [4.78, 5) is 17.8. The van der Waals surface area contributed by atoms with Crippen LogP contribution in [0.3, 0.4) is 0 Å². The first-order valence-corrected chi connectivity index (χ1v) is 4.41. The predicted molar refractivity (Wildman–Crippen MR) is 52.4 cm³/mol. The lowest BCUT2D eigenvalue weighted by Gasteiger charge is -1.92. The Hall–Kier alpha value is -2.04. The molecule has 5 heteroatoms. The first-order chi connectivity index (χ1) is 7.20. The van der Waals surface area contributed by atoms with Crippen LogP contribution in [0.2, 0.25) is 0 Å². The molecular formula is C10H10N2O3. The Bertz CT molecular complexity index is 484. The van der Waals surface area contributed by atoms with E-state index in [1.165, 1.54) is 13.3 Å². The molecule has 5 nitrogen and oxygen atoms in total. The number of ether oxygens (including phenoxy) is 1. The van der Waals surface area contributed by atoms with E-state index in [-0.39, 0.29) is 5.82 Å². The highest BCUT2D eigenvalue weighted by Crippen LogP contribution is 2.19. The van der Waals surface area contributed by atoms with Gasteiger partial charge in [-0.15, -0.1) is 0 Å². The summed E-state index contributed by atoms with van der Waals surface area (Å²) in [6.07, 6.45) is 1.53. The second-order valence-corrected chi connectivity index (χ2v) is 3.05. The first kappa shape index (κ1) is 9.51. The third-order valence-electron chi connectivity index (χ3n) is 1.96. The molecule has 0 aromatic carbocycles. The fourth-order valence-electron chi connectivity index (χ4n) is 1.23. The van der Waals surface area contributed by atoms with Crippen LogP contribution in [0.25, 0.3) is 11.5 Å². The number of methoxy groups -OCH3 is 1. The number of hydrogen-bond donors (Lipinski definition) is 1. The molecule has 0 saturated heterocycles. The summed E-state index contributed by atoms with van der Waals surface area (Å²) >= 11 is 0. The van der Waals surface area contributed by atoms with Crippen LogP contribution < -0.4 is 0 Å². The van der Waals surface area contributed by atoms with Gasteiger partial charge < -0.3 is 14.1 Å². The zero-order chi connectivity index (χ0) is 10.8. The molecule has 0 aliphatic heterocycles. The molecule has 78 valence electrons. The molecule has 0 unspecified atom stereocenters. The second kappa shape index (κ2) is 3.61. The number of hydrogen-bond acceptors (Lipinski definition) is 4. The highest BCUT2D eigenvalue weighted by molar-refractivity contribution is 5.85. The first-order valence-electron chi connectivity index (χ1n) is 4.41. The van der Waals surface area contributed by atoms with E-state index in [4.69, 9.17) is 4.42 Å². The lowest BCUT2D eigenvalue weighted by molar-refractivity contribution is 0.0588. The van der Waals surface area contributed by atoms with Gasteiger partial charge in [0.05, 0.1) is 13.3 Å². The second-order valence-electron chi connectivity index (χ2n) is 3.05. The molecule has 2 aromatic heterocycles. The topological polar surface area (TPSA) is 68.1 Å². The molecule has 0 radical (unpaired) electrons. The maximum absolute atomic E-state index is 11.1. The number of aromatic amines is 1. The van der Waals surface area contributed by atoms with Crippen LogP contribution in [-0.2, 0) is 4.74 Å². The number of esters is 1. The van der Waals surface area contributed by atoms with Gasteiger partial charge in [0.2, 0.25) is 5.82 Å². The van der Waals surface area contributed by atoms with Crippen molar-refractivity contribution in [3.05, 3.63) is 29.9 Å². The van der Waals surface area contributed by atoms with Gasteiger partial charge in [0.25, 0.3) is 0 Å². The standard InChI is InChI=1S/C10H10N2O3/c1-6-3-4-8(15-6)7-5-11-9(12-7)10(13)14-2/h3-5H,1-2H3,(H,11,12). The van der Waals surface area contributed by atoms with Gasteiger partial charge in [0.15, 0.2) is 5.76 Å². The number of imidazole rings is 1. The SMILES string of the molecule is COC(=O)c1ncc(-c2ccc(C)o2)[nH]1. The molecule has 0 saturated carbocycles. The van der Waals surface area contributed by atoms with Crippen molar-refractivity contribution >= 4 is 5.97 Å². The molecule has 0 bridgehead atoms. The molecule has 0 aliphatic rings. The Labute approximate surface area is 86.1 Å². The van der Waals surface area contributed by atoms with Crippen molar-refractivity contribution < 1.29 is 13.9 Å². The van der Waals surface area contributed by atoms with Gasteiger partial charge in [0, 0.05) is 0 Å². The van der Waals surface area contributed by atoms with E-state index >= 15 is 0 Å². The minimum Gasteiger partial charge on any atom is -0.463 e. The number of rotatable bonds is 2. The van der Waals surface area contributed by atoms with Crippen molar-refractivity contribution in [1.29, 1.82) is 0 Å². The van der Waals surface area contributed by atoms with Crippen LogP contribution in [0.5, 0.6) is 0 Å². The van der Waals surface area contributed by atoms with Gasteiger partial charge in [-0.05, 0) is 19.1 Å². The summed E-state index contributed by atoms with van der Waals surface area (Å²) in [5.74, 6) is 1.13. The highest BCUT2D eigenvalue weighted by Gasteiger charge is 2.12. The Kier molecular flexibility index (Phi) is 2.29. The highest BCUT2D eigenvalue weighted by atomic mass is 16.5. The van der Waals surface area contributed by atoms with Gasteiger partial charge in [-0.2, -0.15) is 0 Å². The maximum atomic E-state index is 11.1. The molecule has 0 atom stereocenters. The third kappa shape index (κ3) is 1.76. The van der Waals surface area contributed by atoms with E-state index in [9.17, 15) is 4.79 Å². The van der Waals surface area contributed by atoms with E-state index in [1.54, 1.807) is 0 Å². The fourth-order valence-corrected chi connectivity index (χ4v) is 1.23. The molecular weight excluding hydrogens is 196 g/mol. The summed E-state index contributed by atoms with van der Waals surface area (Å²) in [7, 11) is 1.31. The number of nitrogens with one attached hydrogen (secondary N) is 1. The Morgan fingerprint density at radius 1 is 1.53 bits per heavy atom. The number of H-pyrrole nitrogens is 1. The minimum atomic E-state index is -0.496. The summed E-state index contributed by atoms with van der Waals surface area (Å²) in [5, 5.41) is 0. The summed E-state index contributed by atoms with van der Waals surface area (Å²) in [5.41, 5.74) is 0.656. The molecule has 0 fully saturated rings. The van der Waals surface area contributed by atoms with Crippen LogP contribution >= 0.6 is 0 Å². The lowest BCUT2D eigenvalue weighted by atomic mass is 10.3. The zero-order valence-electron chi connectivity index (χ0n) is 8.40. The van der Waals surface area contributed by atoms with Crippen molar-refractivity contribution in [2.75, 3.05) is 7.11 Å². The van der Waals surface area contributed by atoms with Gasteiger partial charge in [-0.25, -0.2) is 9.78 Å². The molecule has 1 N–H and O–H groups in total. The molecule has 2 rings (SSSR count). The normalized spacial score (nSPS) is 10.3.